The van der Waals surface area contributed by atoms with Gasteiger partial charge in [0.2, 0.25) is 5.91 Å². The summed E-state index contributed by atoms with van der Waals surface area (Å²) in [7, 11) is 3.28. The van der Waals surface area contributed by atoms with E-state index in [9.17, 15) is 22.8 Å². The van der Waals surface area contributed by atoms with Crippen LogP contribution in [0.15, 0.2) is 48.5 Å². The van der Waals surface area contributed by atoms with E-state index in [0.29, 0.717) is 11.1 Å². The summed E-state index contributed by atoms with van der Waals surface area (Å²) in [6.07, 6.45) is -1.90. The lowest BCUT2D eigenvalue weighted by Crippen LogP contribution is -2.21. The average molecular weight is 397 g/mol. The van der Waals surface area contributed by atoms with Gasteiger partial charge < -0.3 is 10.2 Å². The quantitative estimate of drug-likeness (QED) is 0.761. The number of anilines is 1. The van der Waals surface area contributed by atoms with E-state index in [0.717, 1.165) is 18.2 Å². The van der Waals surface area contributed by atoms with E-state index >= 15 is 0 Å². The van der Waals surface area contributed by atoms with Gasteiger partial charge in [0, 0.05) is 25.7 Å². The van der Waals surface area contributed by atoms with Gasteiger partial charge in [-0.3, -0.25) is 9.59 Å². The maximum absolute atomic E-state index is 12.7. The number of rotatable bonds is 4. The molecule has 0 fully saturated rings. The molecule has 0 saturated heterocycles. The van der Waals surface area contributed by atoms with Crippen molar-refractivity contribution in [2.45, 2.75) is 6.18 Å². The summed E-state index contributed by atoms with van der Waals surface area (Å²) in [6.45, 7) is 0. The third kappa shape index (κ3) is 5.59. The molecule has 2 aromatic rings. The molecule has 0 unspecified atom stereocenters. The van der Waals surface area contributed by atoms with E-state index in [4.69, 9.17) is 11.6 Å². The molecule has 0 aliphatic carbocycles. The summed E-state index contributed by atoms with van der Waals surface area (Å²) in [5.74, 6) is -0.785. The van der Waals surface area contributed by atoms with Crippen LogP contribution in [0.4, 0.5) is 18.9 Å². The predicted octanol–water partition coefficient (Wildman–Crippen LogP) is 4.71. The Morgan fingerprint density at radius 3 is 2.26 bits per heavy atom. The molecule has 142 valence electrons. The van der Waals surface area contributed by atoms with Crippen molar-refractivity contribution in [1.29, 1.82) is 0 Å². The zero-order valence-corrected chi connectivity index (χ0v) is 15.2. The minimum atomic E-state index is -4.54. The van der Waals surface area contributed by atoms with Crippen molar-refractivity contribution in [2.24, 2.45) is 0 Å². The van der Waals surface area contributed by atoms with Crippen LogP contribution in [-0.2, 0) is 11.0 Å². The molecule has 0 saturated carbocycles. The highest BCUT2D eigenvalue weighted by atomic mass is 35.5. The number of nitrogens with one attached hydrogen (secondary N) is 1. The number of hydrogen-bond acceptors (Lipinski definition) is 2. The largest absolute Gasteiger partial charge is 0.416 e. The highest BCUT2D eigenvalue weighted by molar-refractivity contribution is 6.33. The average Bonchev–Trinajstić information content (AvgIpc) is 2.60. The summed E-state index contributed by atoms with van der Waals surface area (Å²) in [4.78, 5) is 25.2. The first kappa shape index (κ1) is 20.5. The molecule has 0 aliphatic heterocycles. The van der Waals surface area contributed by atoms with E-state index in [2.05, 4.69) is 5.32 Å². The van der Waals surface area contributed by atoms with Gasteiger partial charge in [-0.25, -0.2) is 0 Å². The Balaban J connectivity index is 2.08. The van der Waals surface area contributed by atoms with Crippen LogP contribution in [-0.4, -0.2) is 30.8 Å². The van der Waals surface area contributed by atoms with Gasteiger partial charge >= 0.3 is 6.18 Å². The van der Waals surface area contributed by atoms with Crippen LogP contribution >= 0.6 is 11.6 Å². The summed E-state index contributed by atoms with van der Waals surface area (Å²) < 4.78 is 38.2. The van der Waals surface area contributed by atoms with Gasteiger partial charge in [-0.05, 0) is 42.0 Å². The molecule has 0 aliphatic rings. The Morgan fingerprint density at radius 1 is 1.07 bits per heavy atom. The predicted molar refractivity (Wildman–Crippen MR) is 98.6 cm³/mol. The second kappa shape index (κ2) is 8.26. The molecule has 2 aromatic carbocycles. The molecular formula is C19H16ClF3N2O2. The van der Waals surface area contributed by atoms with Crippen molar-refractivity contribution < 1.29 is 22.8 Å². The van der Waals surface area contributed by atoms with Crippen LogP contribution in [0.25, 0.3) is 6.08 Å². The molecule has 0 spiro atoms. The van der Waals surface area contributed by atoms with E-state index in [1.165, 1.54) is 17.1 Å². The normalized spacial score (nSPS) is 11.5. The third-order valence-corrected chi connectivity index (χ3v) is 3.87. The summed E-state index contributed by atoms with van der Waals surface area (Å²) >= 11 is 5.84. The standard InChI is InChI=1S/C19H16ClF3N2O2/c1-25(2)18(27)13-6-3-12(4-7-13)5-10-17(26)24-16-11-14(19(21,22)23)8-9-15(16)20/h3-11H,1-2H3,(H,24,26)/b10-5+. The first-order valence-corrected chi connectivity index (χ1v) is 8.13. The van der Waals surface area contributed by atoms with Gasteiger partial charge in [-0.15, -0.1) is 0 Å². The second-order valence-corrected chi connectivity index (χ2v) is 6.24. The zero-order valence-electron chi connectivity index (χ0n) is 14.5. The van der Waals surface area contributed by atoms with E-state index in [-0.39, 0.29) is 16.6 Å². The van der Waals surface area contributed by atoms with Crippen LogP contribution in [0.5, 0.6) is 0 Å². The molecule has 0 atom stereocenters. The molecule has 0 aromatic heterocycles. The Morgan fingerprint density at radius 2 is 1.70 bits per heavy atom. The lowest BCUT2D eigenvalue weighted by atomic mass is 10.1. The van der Waals surface area contributed by atoms with E-state index in [1.54, 1.807) is 38.4 Å². The maximum atomic E-state index is 12.7. The molecule has 8 heteroatoms. The Labute approximate surface area is 159 Å². The van der Waals surface area contributed by atoms with Crippen LogP contribution in [0.2, 0.25) is 5.02 Å². The molecule has 0 bridgehead atoms. The molecule has 27 heavy (non-hydrogen) atoms. The van der Waals surface area contributed by atoms with Crippen LogP contribution in [0.1, 0.15) is 21.5 Å². The van der Waals surface area contributed by atoms with Gasteiger partial charge in [-0.1, -0.05) is 23.7 Å². The van der Waals surface area contributed by atoms with Crippen LogP contribution < -0.4 is 5.32 Å². The smallest absolute Gasteiger partial charge is 0.345 e. The number of halogens is 4. The molecule has 0 heterocycles. The van der Waals surface area contributed by atoms with Crippen molar-refractivity contribution in [2.75, 3.05) is 19.4 Å². The van der Waals surface area contributed by atoms with E-state index < -0.39 is 17.6 Å². The van der Waals surface area contributed by atoms with Gasteiger partial charge in [0.15, 0.2) is 0 Å². The number of carbonyl (C=O) groups excluding carboxylic acids is 2. The highest BCUT2D eigenvalue weighted by Crippen LogP contribution is 2.33. The summed E-state index contributed by atoms with van der Waals surface area (Å²) in [5, 5.41) is 2.32. The fraction of sp³-hybridized carbons (Fsp3) is 0.158. The number of carbonyl (C=O) groups is 2. The topological polar surface area (TPSA) is 49.4 Å². The maximum Gasteiger partial charge on any atom is 0.416 e. The second-order valence-electron chi connectivity index (χ2n) is 5.84. The van der Waals surface area contributed by atoms with Crippen molar-refractivity contribution in [3.05, 3.63) is 70.3 Å². The molecule has 1 N–H and O–H groups in total. The summed E-state index contributed by atoms with van der Waals surface area (Å²) in [6, 6.07) is 9.22. The molecule has 4 nitrogen and oxygen atoms in total. The first-order chi connectivity index (χ1) is 12.6. The SMILES string of the molecule is CN(C)C(=O)c1ccc(/C=C/C(=O)Nc2cc(C(F)(F)F)ccc2Cl)cc1. The van der Waals surface area contributed by atoms with Crippen LogP contribution in [0, 0.1) is 0 Å². The van der Waals surface area contributed by atoms with Crippen molar-refractivity contribution >= 4 is 35.2 Å². The number of amides is 2. The molecule has 2 amide bonds. The Hall–Kier alpha value is -2.80. The molecular weight excluding hydrogens is 381 g/mol. The van der Waals surface area contributed by atoms with Crippen LogP contribution in [0.3, 0.4) is 0 Å². The third-order valence-electron chi connectivity index (χ3n) is 3.54. The zero-order chi connectivity index (χ0) is 20.2. The van der Waals surface area contributed by atoms with Gasteiger partial charge in [0.1, 0.15) is 0 Å². The minimum absolute atomic E-state index is 0.00343. The van der Waals surface area contributed by atoms with Crippen molar-refractivity contribution in [3.63, 3.8) is 0 Å². The highest BCUT2D eigenvalue weighted by Gasteiger charge is 2.31. The fourth-order valence-electron chi connectivity index (χ4n) is 2.14. The summed E-state index contributed by atoms with van der Waals surface area (Å²) in [5.41, 5.74) is 0.105. The molecule has 0 radical (unpaired) electrons. The fourth-order valence-corrected chi connectivity index (χ4v) is 2.30. The van der Waals surface area contributed by atoms with Crippen molar-refractivity contribution in [3.8, 4) is 0 Å². The van der Waals surface area contributed by atoms with Gasteiger partial charge in [0.25, 0.3) is 5.91 Å². The van der Waals surface area contributed by atoms with Gasteiger partial charge in [0.05, 0.1) is 16.3 Å². The van der Waals surface area contributed by atoms with E-state index in [1.807, 2.05) is 0 Å². The Bertz CT molecular complexity index is 876. The van der Waals surface area contributed by atoms with Gasteiger partial charge in [-0.2, -0.15) is 13.2 Å². The molecule has 2 rings (SSSR count). The lowest BCUT2D eigenvalue weighted by Gasteiger charge is -2.10. The Kier molecular flexibility index (Phi) is 6.28. The number of nitrogens with zero attached hydrogens (tertiary/aromatic N) is 1. The monoisotopic (exact) mass is 396 g/mol. The van der Waals surface area contributed by atoms with Crippen molar-refractivity contribution in [1.82, 2.24) is 4.90 Å². The number of alkyl halides is 3. The number of benzene rings is 2. The number of hydrogen-bond donors (Lipinski definition) is 1. The lowest BCUT2D eigenvalue weighted by molar-refractivity contribution is -0.137. The minimum Gasteiger partial charge on any atom is -0.345 e. The first-order valence-electron chi connectivity index (χ1n) is 7.75.